The summed E-state index contributed by atoms with van der Waals surface area (Å²) in [6.45, 7) is 6.62. The molecule has 3 aromatic carbocycles. The lowest BCUT2D eigenvalue weighted by molar-refractivity contribution is -0.137. The summed E-state index contributed by atoms with van der Waals surface area (Å²) in [7, 11) is 2.88. The number of rotatable bonds is 16. The van der Waals surface area contributed by atoms with Crippen molar-refractivity contribution in [1.82, 2.24) is 35.6 Å². The van der Waals surface area contributed by atoms with Gasteiger partial charge in [0.2, 0.25) is 23.5 Å². The number of fused-ring (bicyclic) bond motifs is 4. The molecule has 5 amide bonds. The molecule has 0 spiro atoms. The maximum absolute atomic E-state index is 13.4. The van der Waals surface area contributed by atoms with E-state index in [4.69, 9.17) is 30.8 Å². The third-order valence-electron chi connectivity index (χ3n) is 11.6. The Kier molecular flexibility index (Phi) is 13.6. The zero-order valence-corrected chi connectivity index (χ0v) is 38.5. The van der Waals surface area contributed by atoms with Gasteiger partial charge in [0.15, 0.2) is 23.9 Å². The number of aryl methyl sites for hydroxylation is 2. The number of thiophene rings is 1. The second-order valence-corrected chi connectivity index (χ2v) is 17.5. The van der Waals surface area contributed by atoms with E-state index in [-0.39, 0.29) is 73.3 Å². The molecule has 20 heteroatoms. The normalized spacial score (nSPS) is 16.5. The minimum Gasteiger partial charge on any atom is -0.493 e. The highest BCUT2D eigenvalue weighted by Gasteiger charge is 2.40. The molecule has 2 atom stereocenters. The number of ether oxygens (including phenoxy) is 3. The Bertz CT molecular complexity index is 2780. The Morgan fingerprint density at radius 3 is 2.35 bits per heavy atom. The minimum atomic E-state index is -0.758. The second kappa shape index (κ2) is 19.6. The van der Waals surface area contributed by atoms with Gasteiger partial charge in [0.25, 0.3) is 11.8 Å². The Labute approximate surface area is 388 Å². The summed E-state index contributed by atoms with van der Waals surface area (Å²) < 4.78 is 19.0. The van der Waals surface area contributed by atoms with E-state index in [1.807, 2.05) is 35.8 Å². The van der Waals surface area contributed by atoms with Crippen LogP contribution in [-0.2, 0) is 25.7 Å². The van der Waals surface area contributed by atoms with Crippen LogP contribution in [-0.4, -0.2) is 94.9 Å². The topological polar surface area (TPSA) is 220 Å². The average Bonchev–Trinajstić information content (AvgIpc) is 3.92. The van der Waals surface area contributed by atoms with Gasteiger partial charge in [-0.05, 0) is 69.9 Å². The fraction of sp³-hybridized carbons (Fsp3) is 0.348. The second-order valence-electron chi connectivity index (χ2n) is 15.9. The van der Waals surface area contributed by atoms with Crippen LogP contribution >= 0.6 is 22.9 Å². The van der Waals surface area contributed by atoms with Crippen LogP contribution in [0.2, 0.25) is 5.02 Å². The van der Waals surface area contributed by atoms with Crippen LogP contribution < -0.4 is 30.2 Å². The van der Waals surface area contributed by atoms with Crippen LogP contribution in [0.25, 0.3) is 5.00 Å². The standard InChI is InChI=1S/C46H47ClN10O8S/c1-24-25(2)66-46-40(24)41(27-11-13-28(47)14-12-27)50-33(43-55-52-26(3)57(43)46)21-38(59)48-17-6-7-18-49-39(60)23-65-42-35(63-4)19-29(20-36(42)64-5)53-54-32-10-8-9-30-31(32)22-56(45(30)62)34-15-16-37(58)51-44(34)61/h8-14,19-20,33-34H,6-7,15-18,21-23H2,1-5H3,(H,48,59)(H,49,60)(H,51,58,61)/t33-,34?/m0/s1. The number of aromatic nitrogens is 3. The maximum atomic E-state index is 13.4. The number of unbranched alkanes of at least 4 members (excludes halogenated alkanes) is 1. The predicted octanol–water partition coefficient (Wildman–Crippen LogP) is 6.47. The van der Waals surface area contributed by atoms with E-state index >= 15 is 0 Å². The molecule has 5 heterocycles. The number of halogens is 1. The lowest BCUT2D eigenvalue weighted by Crippen LogP contribution is -2.52. The first-order valence-corrected chi connectivity index (χ1v) is 22.5. The SMILES string of the molecule is COc1cc(N=Nc2cccc3c2CN(C2CCC(=O)NC2=O)C3=O)cc(OC)c1OCC(=O)NCCCCNC(=O)C[C@@H]1N=C(c2ccc(Cl)cc2)c2c(sc(C)c2C)-n2c(C)nnc21. The van der Waals surface area contributed by atoms with Crippen molar-refractivity contribution in [3.05, 3.63) is 104 Å². The molecule has 0 aliphatic carbocycles. The number of piperidine rings is 1. The zero-order chi connectivity index (χ0) is 46.6. The first-order chi connectivity index (χ1) is 31.8. The monoisotopic (exact) mass is 934 g/mol. The molecule has 18 nitrogen and oxygen atoms in total. The summed E-state index contributed by atoms with van der Waals surface area (Å²) in [5.41, 5.74) is 5.57. The number of nitrogens with zero attached hydrogens (tertiary/aromatic N) is 7. The van der Waals surface area contributed by atoms with Crippen molar-refractivity contribution in [2.45, 2.75) is 71.5 Å². The summed E-state index contributed by atoms with van der Waals surface area (Å²) >= 11 is 7.88. The third kappa shape index (κ3) is 9.39. The highest BCUT2D eigenvalue weighted by atomic mass is 35.5. The minimum absolute atomic E-state index is 0.0665. The number of carbonyl (C=O) groups is 5. The van der Waals surface area contributed by atoms with Crippen molar-refractivity contribution in [2.24, 2.45) is 15.2 Å². The molecule has 0 bridgehead atoms. The predicted molar refractivity (Wildman–Crippen MR) is 245 cm³/mol. The molecule has 0 saturated carbocycles. The number of hydrogen-bond acceptors (Lipinski definition) is 14. The van der Waals surface area contributed by atoms with Gasteiger partial charge < -0.3 is 29.7 Å². The number of hydrogen-bond donors (Lipinski definition) is 3. The fourth-order valence-corrected chi connectivity index (χ4v) is 9.46. The van der Waals surface area contributed by atoms with E-state index in [1.54, 1.807) is 41.7 Å². The zero-order valence-electron chi connectivity index (χ0n) is 36.9. The molecule has 8 rings (SSSR count). The Morgan fingerprint density at radius 1 is 0.939 bits per heavy atom. The Hall–Kier alpha value is -6.99. The van der Waals surface area contributed by atoms with Crippen molar-refractivity contribution in [3.63, 3.8) is 0 Å². The quantitative estimate of drug-likeness (QED) is 0.0556. The van der Waals surface area contributed by atoms with E-state index in [0.717, 1.165) is 32.3 Å². The molecule has 0 radical (unpaired) electrons. The van der Waals surface area contributed by atoms with E-state index < -0.39 is 18.0 Å². The molecule has 342 valence electrons. The first kappa shape index (κ1) is 45.6. The maximum Gasteiger partial charge on any atom is 0.257 e. The van der Waals surface area contributed by atoms with Gasteiger partial charge in [-0.3, -0.25) is 38.8 Å². The smallest absolute Gasteiger partial charge is 0.257 e. The van der Waals surface area contributed by atoms with Gasteiger partial charge in [0.1, 0.15) is 22.9 Å². The van der Waals surface area contributed by atoms with Crippen molar-refractivity contribution < 1.29 is 38.2 Å². The van der Waals surface area contributed by atoms with Gasteiger partial charge in [0.05, 0.1) is 37.7 Å². The number of aliphatic imine (C=N–C) groups is 1. The summed E-state index contributed by atoms with van der Waals surface area (Å²) in [5.74, 6) is 0.270. The number of azo groups is 1. The number of imide groups is 1. The lowest BCUT2D eigenvalue weighted by atomic mass is 9.99. The number of benzene rings is 3. The highest BCUT2D eigenvalue weighted by molar-refractivity contribution is 7.15. The van der Waals surface area contributed by atoms with Crippen LogP contribution in [0.3, 0.4) is 0 Å². The van der Waals surface area contributed by atoms with Crippen LogP contribution in [0.5, 0.6) is 17.2 Å². The van der Waals surface area contributed by atoms with Crippen molar-refractivity contribution in [2.75, 3.05) is 33.9 Å². The first-order valence-electron chi connectivity index (χ1n) is 21.3. The lowest BCUT2D eigenvalue weighted by Gasteiger charge is -2.29. The summed E-state index contributed by atoms with van der Waals surface area (Å²) in [5, 5.41) is 27.4. The van der Waals surface area contributed by atoms with Gasteiger partial charge in [-0.15, -0.1) is 21.5 Å². The van der Waals surface area contributed by atoms with Gasteiger partial charge in [-0.1, -0.05) is 29.8 Å². The van der Waals surface area contributed by atoms with E-state index in [2.05, 4.69) is 50.2 Å². The summed E-state index contributed by atoms with van der Waals surface area (Å²) in [4.78, 5) is 71.4. The molecule has 3 aliphatic rings. The molecular formula is C46H47ClN10O8S. The van der Waals surface area contributed by atoms with Crippen molar-refractivity contribution >= 4 is 69.6 Å². The molecule has 5 aromatic rings. The van der Waals surface area contributed by atoms with Crippen molar-refractivity contribution in [3.8, 4) is 22.2 Å². The number of carbonyl (C=O) groups excluding carboxylic acids is 5. The molecule has 1 unspecified atom stereocenters. The molecular weight excluding hydrogens is 888 g/mol. The van der Waals surface area contributed by atoms with Crippen LogP contribution in [0.1, 0.15) is 87.3 Å². The summed E-state index contributed by atoms with van der Waals surface area (Å²) in [6.07, 6.45) is 1.67. The Morgan fingerprint density at radius 2 is 1.65 bits per heavy atom. The van der Waals surface area contributed by atoms with E-state index in [1.165, 1.54) is 19.1 Å². The van der Waals surface area contributed by atoms with Crippen LogP contribution in [0, 0.1) is 20.8 Å². The largest absolute Gasteiger partial charge is 0.493 e. The fourth-order valence-electron chi connectivity index (χ4n) is 8.12. The average molecular weight is 935 g/mol. The molecule has 1 fully saturated rings. The number of nitrogens with one attached hydrogen (secondary N) is 3. The van der Waals surface area contributed by atoms with E-state index in [9.17, 15) is 24.0 Å². The van der Waals surface area contributed by atoms with Gasteiger partial charge in [-0.25, -0.2) is 0 Å². The van der Waals surface area contributed by atoms with E-state index in [0.29, 0.717) is 65.1 Å². The molecule has 3 aliphatic heterocycles. The number of methoxy groups -OCH3 is 2. The molecule has 2 aromatic heterocycles. The van der Waals surface area contributed by atoms with Crippen molar-refractivity contribution in [1.29, 1.82) is 0 Å². The third-order valence-corrected chi connectivity index (χ3v) is 13.1. The summed E-state index contributed by atoms with van der Waals surface area (Å²) in [6, 6.07) is 14.4. The van der Waals surface area contributed by atoms with Crippen LogP contribution in [0.4, 0.5) is 11.4 Å². The molecule has 3 N–H and O–H groups in total. The Balaban J connectivity index is 0.826. The molecule has 1 saturated heterocycles. The van der Waals surface area contributed by atoms with Gasteiger partial charge in [0, 0.05) is 70.3 Å². The van der Waals surface area contributed by atoms with Gasteiger partial charge >= 0.3 is 0 Å². The number of amides is 5. The highest BCUT2D eigenvalue weighted by Crippen LogP contribution is 2.43. The molecule has 66 heavy (non-hydrogen) atoms. The van der Waals surface area contributed by atoms with Crippen LogP contribution in [0.15, 0.2) is 69.8 Å². The van der Waals surface area contributed by atoms with Gasteiger partial charge in [-0.2, -0.15) is 10.2 Å².